The number of ether oxygens (including phenoxy) is 7. The monoisotopic (exact) mass is 1060 g/mol. The van der Waals surface area contributed by atoms with Crippen LogP contribution in [0.25, 0.3) is 0 Å². The summed E-state index contributed by atoms with van der Waals surface area (Å²) < 4.78 is 45.8. The van der Waals surface area contributed by atoms with Crippen molar-refractivity contribution in [3.8, 4) is 0 Å². The number of hydrogen-bond acceptors (Lipinski definition) is 7. The Bertz CT molecular complexity index is 970. The predicted octanol–water partition coefficient (Wildman–Crippen LogP) is 23.1. The molecule has 0 aromatic carbocycles. The van der Waals surface area contributed by atoms with E-state index in [4.69, 9.17) is 33.2 Å². The van der Waals surface area contributed by atoms with Crippen LogP contribution >= 0.6 is 0 Å². The van der Waals surface area contributed by atoms with Crippen LogP contribution in [0.2, 0.25) is 0 Å². The summed E-state index contributed by atoms with van der Waals surface area (Å²) in [6.07, 6.45) is 70.6. The molecule has 0 saturated heterocycles. The van der Waals surface area contributed by atoms with Crippen molar-refractivity contribution in [2.45, 2.75) is 388 Å². The molecule has 0 radical (unpaired) electrons. The van der Waals surface area contributed by atoms with Gasteiger partial charge < -0.3 is 23.7 Å². The third-order valence-corrected chi connectivity index (χ3v) is 14.8. The van der Waals surface area contributed by atoms with Gasteiger partial charge in [-0.3, -0.25) is 9.47 Å². The lowest BCUT2D eigenvalue weighted by atomic mass is 10.0. The van der Waals surface area contributed by atoms with Crippen LogP contribution in [0, 0.1) is 0 Å². The first-order chi connectivity index (χ1) is 37.1. The highest BCUT2D eigenvalue weighted by Gasteiger charge is 2.24. The minimum atomic E-state index is -0.826. The second kappa shape index (κ2) is 65.7. The molecule has 0 aromatic rings. The Morgan fingerprint density at radius 3 is 0.613 bits per heavy atom. The summed E-state index contributed by atoms with van der Waals surface area (Å²) >= 11 is 0. The molecule has 0 aliphatic carbocycles. The summed E-state index contributed by atoms with van der Waals surface area (Å²) in [4.78, 5) is 0. The average molecular weight is 1060 g/mol. The molecule has 2 atom stereocenters. The largest absolute Gasteiger partial charge is 0.330 e. The van der Waals surface area contributed by atoms with Crippen molar-refractivity contribution in [3.63, 3.8) is 0 Å². The maximum Gasteiger partial charge on any atom is 0.274 e. The Labute approximate surface area is 470 Å². The highest BCUT2D eigenvalue weighted by molar-refractivity contribution is 4.90. The van der Waals surface area contributed by atoms with Crippen molar-refractivity contribution >= 4 is 0 Å². The van der Waals surface area contributed by atoms with Gasteiger partial charge in [-0.15, -0.1) is 0 Å². The third kappa shape index (κ3) is 59.2. The summed E-state index contributed by atoms with van der Waals surface area (Å²) in [6, 6.07) is 0. The molecule has 75 heavy (non-hydrogen) atoms. The maximum absolute atomic E-state index is 6.86. The summed E-state index contributed by atoms with van der Waals surface area (Å²) in [6.45, 7) is 14.4. The summed E-state index contributed by atoms with van der Waals surface area (Å²) in [7, 11) is 0. The maximum atomic E-state index is 6.86. The second-order valence-electron chi connectivity index (χ2n) is 22.5. The molecule has 0 heterocycles. The standard InChI is InChI=1S/C68H134O7/c1-7-13-19-25-27-29-31-33-35-37-39-41-43-45-47-53-59-65(74-67(69-61-55-49-21-15-9-3)70-62-56-50-22-16-10-4)73-66(60-54-48-46-44-42-40-38-36-34-32-30-28-26-20-14-8-2)75-68(71-63-57-51-23-17-11-5)72-64-58-52-24-18-12-6/h53-54,59-60,65-68H,7-52,55-58,61-64H2,1-6H3. The predicted molar refractivity (Wildman–Crippen MR) is 325 cm³/mol. The molecule has 7 heteroatoms. The molecule has 0 aliphatic heterocycles. The van der Waals surface area contributed by atoms with E-state index in [0.717, 1.165) is 77.0 Å². The van der Waals surface area contributed by atoms with Crippen molar-refractivity contribution in [1.29, 1.82) is 0 Å². The first kappa shape index (κ1) is 74.2. The second-order valence-corrected chi connectivity index (χ2v) is 22.5. The lowest BCUT2D eigenvalue weighted by molar-refractivity contribution is -0.374. The number of rotatable bonds is 66. The molecular formula is C68H134O7. The van der Waals surface area contributed by atoms with Crippen LogP contribution in [0.4, 0.5) is 0 Å². The van der Waals surface area contributed by atoms with Crippen molar-refractivity contribution < 1.29 is 33.2 Å². The van der Waals surface area contributed by atoms with Crippen LogP contribution in [0.3, 0.4) is 0 Å². The van der Waals surface area contributed by atoms with Crippen molar-refractivity contribution in [2.24, 2.45) is 0 Å². The molecule has 0 N–H and O–H groups in total. The molecule has 0 aromatic heterocycles. The molecule has 2 unspecified atom stereocenters. The molecule has 448 valence electrons. The van der Waals surface area contributed by atoms with Crippen molar-refractivity contribution in [2.75, 3.05) is 26.4 Å². The van der Waals surface area contributed by atoms with E-state index in [1.54, 1.807) is 0 Å². The molecule has 0 amide bonds. The lowest BCUT2D eigenvalue weighted by Crippen LogP contribution is -2.35. The Morgan fingerprint density at radius 2 is 0.400 bits per heavy atom. The van der Waals surface area contributed by atoms with Gasteiger partial charge in [-0.25, -0.2) is 0 Å². The summed E-state index contributed by atoms with van der Waals surface area (Å²) in [5.74, 6) is 0. The summed E-state index contributed by atoms with van der Waals surface area (Å²) in [5, 5.41) is 0. The highest BCUT2D eigenvalue weighted by Crippen LogP contribution is 2.20. The van der Waals surface area contributed by atoms with Crippen LogP contribution < -0.4 is 0 Å². The minimum Gasteiger partial charge on any atom is -0.330 e. The lowest BCUT2D eigenvalue weighted by Gasteiger charge is -2.28. The van der Waals surface area contributed by atoms with Crippen LogP contribution in [0.1, 0.15) is 363 Å². The van der Waals surface area contributed by atoms with E-state index in [1.807, 2.05) is 0 Å². The highest BCUT2D eigenvalue weighted by atomic mass is 16.9. The van der Waals surface area contributed by atoms with Gasteiger partial charge in [-0.1, -0.05) is 323 Å². The average Bonchev–Trinajstić information content (AvgIpc) is 3.41. The van der Waals surface area contributed by atoms with E-state index in [9.17, 15) is 0 Å². The van der Waals surface area contributed by atoms with Gasteiger partial charge in [0.15, 0.2) is 12.6 Å². The first-order valence-electron chi connectivity index (χ1n) is 33.9. The molecule has 0 fully saturated rings. The Kier molecular flexibility index (Phi) is 65.0. The fraction of sp³-hybridized carbons (Fsp3) is 0.941. The molecular weight excluding hydrogens is 929 g/mol. The SMILES string of the molecule is CCCCCCCCCCCCCCCCC=CC(OC(C=CCCCCCCCCCCCCCCCC)OC(OCCCCCCC)OCCCCCCC)OC(OCCCCCCC)OCCCCCCC. The zero-order chi connectivity index (χ0) is 54.3. The zero-order valence-corrected chi connectivity index (χ0v) is 51.7. The van der Waals surface area contributed by atoms with Gasteiger partial charge in [0, 0.05) is 0 Å². The van der Waals surface area contributed by atoms with Gasteiger partial charge in [0.25, 0.3) is 13.0 Å². The van der Waals surface area contributed by atoms with Crippen molar-refractivity contribution in [3.05, 3.63) is 24.3 Å². The van der Waals surface area contributed by atoms with E-state index in [0.29, 0.717) is 26.4 Å². The molecule has 0 bridgehead atoms. The van der Waals surface area contributed by atoms with E-state index >= 15 is 0 Å². The fourth-order valence-corrected chi connectivity index (χ4v) is 9.72. The smallest absolute Gasteiger partial charge is 0.274 e. The minimum absolute atomic E-state index is 0.596. The fourth-order valence-electron chi connectivity index (χ4n) is 9.72. The molecule has 7 nitrogen and oxygen atoms in total. The topological polar surface area (TPSA) is 64.6 Å². The van der Waals surface area contributed by atoms with Crippen LogP contribution in [0.5, 0.6) is 0 Å². The Hall–Kier alpha value is -0.800. The van der Waals surface area contributed by atoms with Gasteiger partial charge in [-0.2, -0.15) is 0 Å². The Morgan fingerprint density at radius 1 is 0.213 bits per heavy atom. The first-order valence-corrected chi connectivity index (χ1v) is 33.9. The van der Waals surface area contributed by atoms with Gasteiger partial charge in [0.2, 0.25) is 0 Å². The molecule has 0 spiro atoms. The number of unbranched alkanes of at least 4 members (excludes halogenated alkanes) is 44. The van der Waals surface area contributed by atoms with Gasteiger partial charge in [0.05, 0.1) is 26.4 Å². The molecule has 0 aliphatic rings. The normalized spacial score (nSPS) is 13.0. The molecule has 0 saturated carbocycles. The number of allylic oxidation sites excluding steroid dienone is 2. The molecule has 0 rings (SSSR count). The number of hydrogen-bond donors (Lipinski definition) is 0. The summed E-state index contributed by atoms with van der Waals surface area (Å²) in [5.41, 5.74) is 0. The van der Waals surface area contributed by atoms with Crippen LogP contribution in [-0.2, 0) is 33.2 Å². The van der Waals surface area contributed by atoms with Crippen LogP contribution in [-0.4, -0.2) is 52.0 Å². The van der Waals surface area contributed by atoms with Crippen LogP contribution in [0.15, 0.2) is 24.3 Å². The van der Waals surface area contributed by atoms with Gasteiger partial charge in [0.1, 0.15) is 0 Å². The zero-order valence-electron chi connectivity index (χ0n) is 51.7. The Balaban J connectivity index is 6.02. The van der Waals surface area contributed by atoms with Crippen molar-refractivity contribution in [1.82, 2.24) is 0 Å². The van der Waals surface area contributed by atoms with Gasteiger partial charge >= 0.3 is 0 Å². The van der Waals surface area contributed by atoms with E-state index in [1.165, 1.54) is 244 Å². The third-order valence-electron chi connectivity index (χ3n) is 14.8. The van der Waals surface area contributed by atoms with E-state index in [-0.39, 0.29) is 0 Å². The van der Waals surface area contributed by atoms with Gasteiger partial charge in [-0.05, 0) is 63.5 Å². The quantitative estimate of drug-likeness (QED) is 0.0342. The van der Waals surface area contributed by atoms with E-state index in [2.05, 4.69) is 65.8 Å². The van der Waals surface area contributed by atoms with E-state index < -0.39 is 25.5 Å².